The summed E-state index contributed by atoms with van der Waals surface area (Å²) in [6.45, 7) is 3.43. The fraction of sp³-hybridized carbons (Fsp3) is 0.500. The van der Waals surface area contributed by atoms with Crippen molar-refractivity contribution < 1.29 is 4.79 Å². The lowest BCUT2D eigenvalue weighted by Crippen LogP contribution is -2.52. The Balaban J connectivity index is 1.52. The van der Waals surface area contributed by atoms with Gasteiger partial charge in [-0.1, -0.05) is 0 Å². The zero-order chi connectivity index (χ0) is 15.4. The quantitative estimate of drug-likeness (QED) is 0.851. The summed E-state index contributed by atoms with van der Waals surface area (Å²) in [4.78, 5) is 23.8. The van der Waals surface area contributed by atoms with E-state index in [1.54, 1.807) is 17.1 Å². The number of carbonyl (C=O) groups is 1. The van der Waals surface area contributed by atoms with E-state index in [-0.39, 0.29) is 12.1 Å². The SMILES string of the molecule is CN1CCN(C(=O)NCCn2cccn2)C[C@@H]1c1ncc[nH]1. The number of carbonyl (C=O) groups excluding carboxylic acids is 1. The molecule has 8 nitrogen and oxygen atoms in total. The van der Waals surface area contributed by atoms with Crippen molar-refractivity contribution in [3.63, 3.8) is 0 Å². The van der Waals surface area contributed by atoms with Gasteiger partial charge in [-0.05, 0) is 13.1 Å². The summed E-state index contributed by atoms with van der Waals surface area (Å²) in [5.41, 5.74) is 0. The molecule has 1 aliphatic rings. The summed E-state index contributed by atoms with van der Waals surface area (Å²) < 4.78 is 1.80. The number of piperazine rings is 1. The topological polar surface area (TPSA) is 82.1 Å². The van der Waals surface area contributed by atoms with Crippen molar-refractivity contribution in [3.8, 4) is 0 Å². The standard InChI is InChI=1S/C14H21N7O/c1-19-9-10-20(11-12(19)13-15-4-5-16-13)14(22)17-6-8-21-7-2-3-18-21/h2-5,7,12H,6,8-11H2,1H3,(H,15,16)(H,17,22)/t12-/m1/s1. The Hall–Kier alpha value is -2.35. The van der Waals surface area contributed by atoms with Crippen molar-refractivity contribution in [2.24, 2.45) is 0 Å². The predicted octanol–water partition coefficient (Wildman–Crippen LogP) is 0.305. The Morgan fingerprint density at radius 2 is 2.36 bits per heavy atom. The smallest absolute Gasteiger partial charge is 0.317 e. The minimum absolute atomic E-state index is 0.0307. The van der Waals surface area contributed by atoms with Crippen molar-refractivity contribution in [2.45, 2.75) is 12.6 Å². The van der Waals surface area contributed by atoms with E-state index in [0.717, 1.165) is 18.9 Å². The van der Waals surface area contributed by atoms with E-state index in [2.05, 4.69) is 32.3 Å². The zero-order valence-corrected chi connectivity index (χ0v) is 12.6. The van der Waals surface area contributed by atoms with Crippen molar-refractivity contribution >= 4 is 6.03 Å². The van der Waals surface area contributed by atoms with E-state index >= 15 is 0 Å². The first-order chi connectivity index (χ1) is 10.7. The van der Waals surface area contributed by atoms with Gasteiger partial charge in [-0.15, -0.1) is 0 Å². The highest BCUT2D eigenvalue weighted by atomic mass is 16.2. The van der Waals surface area contributed by atoms with E-state index < -0.39 is 0 Å². The molecule has 2 amide bonds. The second-order valence-corrected chi connectivity index (χ2v) is 5.42. The summed E-state index contributed by atoms with van der Waals surface area (Å²) in [5.74, 6) is 0.900. The number of hydrogen-bond donors (Lipinski definition) is 2. The molecule has 3 heterocycles. The summed E-state index contributed by atoms with van der Waals surface area (Å²) in [6, 6.07) is 1.95. The maximum atomic E-state index is 12.3. The minimum atomic E-state index is -0.0307. The number of rotatable bonds is 4. The molecule has 0 unspecified atom stereocenters. The van der Waals surface area contributed by atoms with Crippen LogP contribution in [0.1, 0.15) is 11.9 Å². The number of aromatic nitrogens is 4. The number of amides is 2. The second-order valence-electron chi connectivity index (χ2n) is 5.42. The molecule has 2 aromatic rings. The van der Waals surface area contributed by atoms with E-state index in [4.69, 9.17) is 0 Å². The van der Waals surface area contributed by atoms with E-state index in [0.29, 0.717) is 19.6 Å². The molecular weight excluding hydrogens is 282 g/mol. The third kappa shape index (κ3) is 3.28. The average molecular weight is 303 g/mol. The van der Waals surface area contributed by atoms with Crippen LogP contribution in [0.2, 0.25) is 0 Å². The summed E-state index contributed by atoms with van der Waals surface area (Å²) in [6.07, 6.45) is 7.17. The molecule has 1 saturated heterocycles. The van der Waals surface area contributed by atoms with Crippen LogP contribution in [0.3, 0.4) is 0 Å². The molecule has 0 spiro atoms. The summed E-state index contributed by atoms with van der Waals surface area (Å²) in [7, 11) is 2.06. The normalized spacial score (nSPS) is 19.3. The van der Waals surface area contributed by atoms with Gasteiger partial charge in [0.05, 0.1) is 12.6 Å². The molecule has 0 radical (unpaired) electrons. The molecule has 0 aliphatic carbocycles. The summed E-state index contributed by atoms with van der Waals surface area (Å²) >= 11 is 0. The molecular formula is C14H21N7O. The van der Waals surface area contributed by atoms with Crippen LogP contribution >= 0.6 is 0 Å². The number of H-pyrrole nitrogens is 1. The number of nitrogens with zero attached hydrogens (tertiary/aromatic N) is 5. The van der Waals surface area contributed by atoms with Crippen molar-refractivity contribution in [1.82, 2.24) is 34.9 Å². The van der Waals surface area contributed by atoms with Gasteiger partial charge in [-0.2, -0.15) is 5.10 Å². The monoisotopic (exact) mass is 303 g/mol. The van der Waals surface area contributed by atoms with Gasteiger partial charge < -0.3 is 15.2 Å². The second kappa shape index (κ2) is 6.61. The molecule has 3 rings (SSSR count). The van der Waals surface area contributed by atoms with Crippen LogP contribution in [0, 0.1) is 0 Å². The molecule has 1 atom stereocenters. The van der Waals surface area contributed by atoms with Crippen LogP contribution in [0.5, 0.6) is 0 Å². The third-order valence-corrected chi connectivity index (χ3v) is 3.95. The summed E-state index contributed by atoms with van der Waals surface area (Å²) in [5, 5.41) is 7.06. The van der Waals surface area contributed by atoms with Crippen LogP contribution in [-0.2, 0) is 6.54 Å². The van der Waals surface area contributed by atoms with E-state index in [1.165, 1.54) is 0 Å². The Morgan fingerprint density at radius 1 is 1.45 bits per heavy atom. The van der Waals surface area contributed by atoms with Gasteiger partial charge in [0.2, 0.25) is 0 Å². The molecule has 1 fully saturated rings. The van der Waals surface area contributed by atoms with Crippen LogP contribution in [0.25, 0.3) is 0 Å². The van der Waals surface area contributed by atoms with Crippen molar-refractivity contribution in [2.75, 3.05) is 33.2 Å². The molecule has 2 N–H and O–H groups in total. The van der Waals surface area contributed by atoms with Crippen LogP contribution in [0.4, 0.5) is 4.79 Å². The number of aromatic amines is 1. The van der Waals surface area contributed by atoms with E-state index in [1.807, 2.05) is 23.4 Å². The lowest BCUT2D eigenvalue weighted by Gasteiger charge is -2.38. The molecule has 22 heavy (non-hydrogen) atoms. The molecule has 0 aromatic carbocycles. The molecule has 0 bridgehead atoms. The van der Waals surface area contributed by atoms with Crippen LogP contribution in [-0.4, -0.2) is 68.8 Å². The van der Waals surface area contributed by atoms with Gasteiger partial charge in [0.15, 0.2) is 0 Å². The van der Waals surface area contributed by atoms with Gasteiger partial charge >= 0.3 is 6.03 Å². The predicted molar refractivity (Wildman–Crippen MR) is 81.2 cm³/mol. The van der Waals surface area contributed by atoms with Gasteiger partial charge in [0.1, 0.15) is 5.82 Å². The van der Waals surface area contributed by atoms with Gasteiger partial charge in [-0.3, -0.25) is 9.58 Å². The Morgan fingerprint density at radius 3 is 3.09 bits per heavy atom. The highest BCUT2D eigenvalue weighted by molar-refractivity contribution is 5.74. The maximum absolute atomic E-state index is 12.3. The van der Waals surface area contributed by atoms with Crippen LogP contribution < -0.4 is 5.32 Å². The first kappa shape index (κ1) is 14.6. The zero-order valence-electron chi connectivity index (χ0n) is 12.6. The number of nitrogens with one attached hydrogen (secondary N) is 2. The average Bonchev–Trinajstić information content (AvgIpc) is 3.21. The largest absolute Gasteiger partial charge is 0.347 e. The van der Waals surface area contributed by atoms with Crippen molar-refractivity contribution in [1.29, 1.82) is 0 Å². The van der Waals surface area contributed by atoms with Crippen molar-refractivity contribution in [3.05, 3.63) is 36.7 Å². The first-order valence-corrected chi connectivity index (χ1v) is 7.44. The lowest BCUT2D eigenvalue weighted by atomic mass is 10.1. The van der Waals surface area contributed by atoms with Gasteiger partial charge in [0, 0.05) is 51.0 Å². The van der Waals surface area contributed by atoms with Gasteiger partial charge in [-0.25, -0.2) is 9.78 Å². The highest BCUT2D eigenvalue weighted by Crippen LogP contribution is 2.20. The maximum Gasteiger partial charge on any atom is 0.317 e. The lowest BCUT2D eigenvalue weighted by molar-refractivity contribution is 0.106. The molecule has 0 saturated carbocycles. The molecule has 118 valence electrons. The molecule has 8 heteroatoms. The Bertz CT molecular complexity index is 580. The number of hydrogen-bond acceptors (Lipinski definition) is 4. The fourth-order valence-corrected chi connectivity index (χ4v) is 2.64. The first-order valence-electron chi connectivity index (χ1n) is 7.44. The number of imidazole rings is 1. The van der Waals surface area contributed by atoms with Gasteiger partial charge in [0.25, 0.3) is 0 Å². The molecule has 1 aliphatic heterocycles. The Kier molecular flexibility index (Phi) is 4.38. The highest BCUT2D eigenvalue weighted by Gasteiger charge is 2.29. The molecule has 2 aromatic heterocycles. The number of likely N-dealkylation sites (N-methyl/N-ethyl adjacent to an activating group) is 1. The third-order valence-electron chi connectivity index (χ3n) is 3.95. The van der Waals surface area contributed by atoms with E-state index in [9.17, 15) is 4.79 Å². The Labute approximate surface area is 129 Å². The fourth-order valence-electron chi connectivity index (χ4n) is 2.64. The minimum Gasteiger partial charge on any atom is -0.347 e. The number of urea groups is 1. The van der Waals surface area contributed by atoms with Crippen LogP contribution in [0.15, 0.2) is 30.9 Å².